The molecule has 4 nitrogen and oxygen atoms in total. The highest BCUT2D eigenvalue weighted by Crippen LogP contribution is 2.38. The molecule has 112 valence electrons. The van der Waals surface area contributed by atoms with Crippen LogP contribution in [0, 0.1) is 0 Å². The molecule has 0 radical (unpaired) electrons. The Morgan fingerprint density at radius 3 is 2.65 bits per heavy atom. The van der Waals surface area contributed by atoms with E-state index in [1.54, 1.807) is 0 Å². The van der Waals surface area contributed by atoms with Crippen LogP contribution in [0.2, 0.25) is 5.02 Å². The average Bonchev–Trinajstić information content (AvgIpc) is 2.36. The van der Waals surface area contributed by atoms with Gasteiger partial charge in [-0.05, 0) is 38.1 Å². The van der Waals surface area contributed by atoms with Crippen LogP contribution >= 0.6 is 11.6 Å². The Kier molecular flexibility index (Phi) is 4.78. The first kappa shape index (κ1) is 15.4. The van der Waals surface area contributed by atoms with Crippen molar-refractivity contribution in [1.82, 2.24) is 4.90 Å². The van der Waals surface area contributed by atoms with Gasteiger partial charge in [0.15, 0.2) is 11.5 Å². The molecular formula is C15H22ClNO3. The van der Waals surface area contributed by atoms with Gasteiger partial charge in [-0.15, -0.1) is 0 Å². The molecule has 0 atom stereocenters. The molecule has 1 aromatic rings. The van der Waals surface area contributed by atoms with Gasteiger partial charge in [-0.3, -0.25) is 4.90 Å². The van der Waals surface area contributed by atoms with Gasteiger partial charge in [0.05, 0.1) is 10.6 Å². The number of fused-ring (bicyclic) bond motifs is 1. The molecule has 1 aliphatic heterocycles. The molecule has 1 heterocycles. The lowest BCUT2D eigenvalue weighted by Crippen LogP contribution is -2.38. The van der Waals surface area contributed by atoms with Crippen LogP contribution in [0.15, 0.2) is 12.1 Å². The summed E-state index contributed by atoms with van der Waals surface area (Å²) in [4.78, 5) is 2.17. The first-order valence-electron chi connectivity index (χ1n) is 6.92. The van der Waals surface area contributed by atoms with Crippen LogP contribution in [0.3, 0.4) is 0 Å². The minimum atomic E-state index is -0.715. The number of hydrogen-bond acceptors (Lipinski definition) is 4. The van der Waals surface area contributed by atoms with Crippen molar-refractivity contribution < 1.29 is 14.6 Å². The van der Waals surface area contributed by atoms with Gasteiger partial charge in [0, 0.05) is 13.1 Å². The Labute approximate surface area is 125 Å². The molecule has 0 aliphatic carbocycles. The average molecular weight is 300 g/mol. The van der Waals surface area contributed by atoms with Gasteiger partial charge < -0.3 is 14.6 Å². The number of hydrogen-bond donors (Lipinski definition) is 1. The van der Waals surface area contributed by atoms with E-state index in [0.29, 0.717) is 36.3 Å². The molecule has 0 bridgehead atoms. The van der Waals surface area contributed by atoms with Crippen molar-refractivity contribution >= 4 is 11.6 Å². The number of benzene rings is 1. The first-order chi connectivity index (χ1) is 9.39. The zero-order chi connectivity index (χ0) is 14.8. The number of ether oxygens (including phenoxy) is 2. The van der Waals surface area contributed by atoms with Crippen molar-refractivity contribution in [3.8, 4) is 11.5 Å². The van der Waals surface area contributed by atoms with Crippen LogP contribution in [0.25, 0.3) is 0 Å². The fourth-order valence-electron chi connectivity index (χ4n) is 2.34. The fourth-order valence-corrected chi connectivity index (χ4v) is 2.63. The van der Waals surface area contributed by atoms with E-state index in [1.807, 2.05) is 26.0 Å². The molecule has 0 aromatic heterocycles. The van der Waals surface area contributed by atoms with Crippen LogP contribution in [-0.4, -0.2) is 41.9 Å². The molecule has 0 spiro atoms. The van der Waals surface area contributed by atoms with Crippen LogP contribution in [0.1, 0.15) is 26.3 Å². The molecule has 0 saturated carbocycles. The summed E-state index contributed by atoms with van der Waals surface area (Å²) in [6.07, 6.45) is 0. The second-order valence-electron chi connectivity index (χ2n) is 5.72. The SMILES string of the molecule is CCN(Cc1cc(Cl)c2c(c1)OCCO2)CC(C)(C)O. The quantitative estimate of drug-likeness (QED) is 0.908. The van der Waals surface area contributed by atoms with Gasteiger partial charge in [0.25, 0.3) is 0 Å². The second kappa shape index (κ2) is 6.20. The summed E-state index contributed by atoms with van der Waals surface area (Å²) in [5, 5.41) is 10.5. The molecule has 0 unspecified atom stereocenters. The maximum absolute atomic E-state index is 9.93. The minimum absolute atomic E-state index is 0.534. The smallest absolute Gasteiger partial charge is 0.179 e. The Balaban J connectivity index is 2.14. The van der Waals surface area contributed by atoms with E-state index < -0.39 is 5.60 Å². The Bertz CT molecular complexity index is 471. The molecule has 1 N–H and O–H groups in total. The van der Waals surface area contributed by atoms with Crippen molar-refractivity contribution in [2.45, 2.75) is 32.9 Å². The first-order valence-corrected chi connectivity index (χ1v) is 7.29. The van der Waals surface area contributed by atoms with Gasteiger partial charge in [-0.25, -0.2) is 0 Å². The van der Waals surface area contributed by atoms with Crippen molar-refractivity contribution in [2.24, 2.45) is 0 Å². The van der Waals surface area contributed by atoms with Gasteiger partial charge in [0.1, 0.15) is 13.2 Å². The Hall–Kier alpha value is -0.970. The lowest BCUT2D eigenvalue weighted by Gasteiger charge is -2.28. The van der Waals surface area contributed by atoms with E-state index in [4.69, 9.17) is 21.1 Å². The van der Waals surface area contributed by atoms with Crippen molar-refractivity contribution in [1.29, 1.82) is 0 Å². The number of aliphatic hydroxyl groups is 1. The van der Waals surface area contributed by atoms with Crippen molar-refractivity contribution in [2.75, 3.05) is 26.3 Å². The molecule has 1 aromatic carbocycles. The van der Waals surface area contributed by atoms with Gasteiger partial charge in [-0.1, -0.05) is 18.5 Å². The summed E-state index contributed by atoms with van der Waals surface area (Å²) in [6.45, 7) is 8.96. The number of halogens is 1. The summed E-state index contributed by atoms with van der Waals surface area (Å²) >= 11 is 6.23. The van der Waals surface area contributed by atoms with E-state index in [0.717, 1.165) is 18.7 Å². The topological polar surface area (TPSA) is 41.9 Å². The second-order valence-corrected chi connectivity index (χ2v) is 6.12. The Morgan fingerprint density at radius 2 is 2.00 bits per heavy atom. The van der Waals surface area contributed by atoms with E-state index >= 15 is 0 Å². The summed E-state index contributed by atoms with van der Waals surface area (Å²) in [7, 11) is 0. The molecule has 1 aliphatic rings. The summed E-state index contributed by atoms with van der Waals surface area (Å²) in [5.74, 6) is 1.34. The monoisotopic (exact) mass is 299 g/mol. The summed E-state index contributed by atoms with van der Waals surface area (Å²) in [5.41, 5.74) is 0.346. The highest BCUT2D eigenvalue weighted by molar-refractivity contribution is 6.32. The lowest BCUT2D eigenvalue weighted by molar-refractivity contribution is 0.0353. The van der Waals surface area contributed by atoms with Crippen LogP contribution in [0.5, 0.6) is 11.5 Å². The Morgan fingerprint density at radius 1 is 1.30 bits per heavy atom. The van der Waals surface area contributed by atoms with Crippen LogP contribution < -0.4 is 9.47 Å². The molecule has 0 saturated heterocycles. The normalized spacial score (nSPS) is 14.7. The van der Waals surface area contributed by atoms with Gasteiger partial charge >= 0.3 is 0 Å². The predicted octanol–water partition coefficient (Wildman–Crippen LogP) is 2.70. The zero-order valence-corrected chi connectivity index (χ0v) is 13.0. The van der Waals surface area contributed by atoms with E-state index in [-0.39, 0.29) is 0 Å². The van der Waals surface area contributed by atoms with Gasteiger partial charge in [0.2, 0.25) is 0 Å². The van der Waals surface area contributed by atoms with E-state index in [1.165, 1.54) is 0 Å². The van der Waals surface area contributed by atoms with Crippen molar-refractivity contribution in [3.05, 3.63) is 22.7 Å². The fraction of sp³-hybridized carbons (Fsp3) is 0.600. The highest BCUT2D eigenvalue weighted by Gasteiger charge is 2.20. The molecule has 2 rings (SSSR count). The van der Waals surface area contributed by atoms with E-state index in [9.17, 15) is 5.11 Å². The number of rotatable bonds is 5. The van der Waals surface area contributed by atoms with E-state index in [2.05, 4.69) is 11.8 Å². The predicted molar refractivity (Wildman–Crippen MR) is 79.7 cm³/mol. The summed E-state index contributed by atoms with van der Waals surface area (Å²) < 4.78 is 11.1. The number of likely N-dealkylation sites (N-methyl/N-ethyl adjacent to an activating group) is 1. The lowest BCUT2D eigenvalue weighted by atomic mass is 10.1. The summed E-state index contributed by atoms with van der Waals surface area (Å²) in [6, 6.07) is 3.87. The van der Waals surface area contributed by atoms with Crippen molar-refractivity contribution in [3.63, 3.8) is 0 Å². The molecule has 0 fully saturated rings. The largest absolute Gasteiger partial charge is 0.486 e. The molecular weight excluding hydrogens is 278 g/mol. The standard InChI is InChI=1S/C15H22ClNO3/c1-4-17(10-15(2,3)18)9-11-7-12(16)14-13(8-11)19-5-6-20-14/h7-8,18H,4-6,9-10H2,1-3H3. The maximum Gasteiger partial charge on any atom is 0.179 e. The maximum atomic E-state index is 9.93. The molecule has 0 amide bonds. The third-order valence-corrected chi connectivity index (χ3v) is 3.40. The third kappa shape index (κ3) is 4.01. The zero-order valence-electron chi connectivity index (χ0n) is 12.3. The highest BCUT2D eigenvalue weighted by atomic mass is 35.5. The van der Waals surface area contributed by atoms with Crippen LogP contribution in [-0.2, 0) is 6.54 Å². The third-order valence-electron chi connectivity index (χ3n) is 3.12. The minimum Gasteiger partial charge on any atom is -0.486 e. The molecule has 20 heavy (non-hydrogen) atoms. The van der Waals surface area contributed by atoms with Crippen LogP contribution in [0.4, 0.5) is 0 Å². The number of nitrogens with zero attached hydrogens (tertiary/aromatic N) is 1. The van der Waals surface area contributed by atoms with Gasteiger partial charge in [-0.2, -0.15) is 0 Å². The molecule has 5 heteroatoms.